The van der Waals surface area contributed by atoms with Gasteiger partial charge in [-0.3, -0.25) is 0 Å². The van der Waals surface area contributed by atoms with E-state index < -0.39 is 0 Å². The molecule has 0 bridgehead atoms. The monoisotopic (exact) mass is 286 g/mol. The first-order valence-corrected chi connectivity index (χ1v) is 6.96. The maximum Gasteiger partial charge on any atom is 0.133 e. The van der Waals surface area contributed by atoms with Crippen LogP contribution >= 0.6 is 0 Å². The molecule has 0 spiro atoms. The fourth-order valence-corrected chi connectivity index (χ4v) is 1.95. The zero-order valence-electron chi connectivity index (χ0n) is 13.0. The van der Waals surface area contributed by atoms with Gasteiger partial charge in [0.2, 0.25) is 0 Å². The summed E-state index contributed by atoms with van der Waals surface area (Å²) in [5.41, 5.74) is 7.59. The Morgan fingerprint density at radius 1 is 0.952 bits per heavy atom. The van der Waals surface area contributed by atoms with Crippen molar-refractivity contribution < 1.29 is 9.47 Å². The summed E-state index contributed by atoms with van der Waals surface area (Å²) in [5.74, 6) is 2.15. The highest BCUT2D eigenvalue weighted by Crippen LogP contribution is 2.30. The molecule has 0 aromatic heterocycles. The maximum absolute atomic E-state index is 5.90. The quantitative estimate of drug-likeness (QED) is 0.846. The number of rotatable bonds is 5. The number of hydrogen-bond donors (Lipinski definition) is 1. The van der Waals surface area contributed by atoms with E-state index >= 15 is 0 Å². The van der Waals surface area contributed by atoms with Crippen molar-refractivity contribution in [3.05, 3.63) is 42.5 Å². The molecule has 0 saturated heterocycles. The average molecular weight is 286 g/mol. The summed E-state index contributed by atoms with van der Waals surface area (Å²) in [4.78, 5) is 2.03. The third-order valence-corrected chi connectivity index (χ3v) is 2.84. The summed E-state index contributed by atoms with van der Waals surface area (Å²) in [5, 5.41) is 0. The number of anilines is 2. The Morgan fingerprint density at radius 2 is 1.67 bits per heavy atom. The Labute approximate surface area is 126 Å². The van der Waals surface area contributed by atoms with Gasteiger partial charge in [-0.2, -0.15) is 0 Å². The maximum atomic E-state index is 5.90. The van der Waals surface area contributed by atoms with E-state index in [9.17, 15) is 0 Å². The van der Waals surface area contributed by atoms with Crippen molar-refractivity contribution in [1.29, 1.82) is 0 Å². The molecule has 0 amide bonds. The lowest BCUT2D eigenvalue weighted by Crippen LogP contribution is -2.08. The molecule has 4 heteroatoms. The van der Waals surface area contributed by atoms with Crippen LogP contribution in [0, 0.1) is 0 Å². The predicted molar refractivity (Wildman–Crippen MR) is 87.5 cm³/mol. The number of nitrogens with zero attached hydrogens (tertiary/aromatic N) is 1. The van der Waals surface area contributed by atoms with Crippen LogP contribution in [0.2, 0.25) is 0 Å². The molecule has 4 nitrogen and oxygen atoms in total. The molecule has 2 aromatic rings. The summed E-state index contributed by atoms with van der Waals surface area (Å²) in [6, 6.07) is 13.3. The van der Waals surface area contributed by atoms with Crippen molar-refractivity contribution in [3.8, 4) is 17.2 Å². The van der Waals surface area contributed by atoms with E-state index in [2.05, 4.69) is 0 Å². The lowest BCUT2D eigenvalue weighted by molar-refractivity contribution is 0.242. The van der Waals surface area contributed by atoms with Crippen molar-refractivity contribution in [3.63, 3.8) is 0 Å². The van der Waals surface area contributed by atoms with Crippen LogP contribution < -0.4 is 20.1 Å². The van der Waals surface area contributed by atoms with E-state index in [0.717, 1.165) is 11.4 Å². The molecule has 0 unspecified atom stereocenters. The lowest BCUT2D eigenvalue weighted by atomic mass is 10.2. The molecule has 2 N–H and O–H groups in total. The molecule has 2 rings (SSSR count). The molecule has 112 valence electrons. The SMILES string of the molecule is CC(C)Oc1cc(N)cc(Oc2cccc(N(C)C)c2)c1. The van der Waals surface area contributed by atoms with Gasteiger partial charge >= 0.3 is 0 Å². The Hall–Kier alpha value is -2.36. The average Bonchev–Trinajstić information content (AvgIpc) is 2.37. The van der Waals surface area contributed by atoms with Gasteiger partial charge in [0.25, 0.3) is 0 Å². The van der Waals surface area contributed by atoms with Crippen molar-refractivity contribution >= 4 is 11.4 Å². The summed E-state index contributed by atoms with van der Waals surface area (Å²) in [6.07, 6.45) is 0.0942. The number of nitrogen functional groups attached to an aromatic ring is 1. The van der Waals surface area contributed by atoms with E-state index in [-0.39, 0.29) is 6.10 Å². The minimum atomic E-state index is 0.0942. The molecule has 0 heterocycles. The Balaban J connectivity index is 2.22. The molecule has 0 saturated carbocycles. The summed E-state index contributed by atoms with van der Waals surface area (Å²) >= 11 is 0. The molecular weight excluding hydrogens is 264 g/mol. The second-order valence-electron chi connectivity index (χ2n) is 5.40. The van der Waals surface area contributed by atoms with Gasteiger partial charge in [0, 0.05) is 49.7 Å². The summed E-state index contributed by atoms with van der Waals surface area (Å²) < 4.78 is 11.6. The molecule has 0 aliphatic heterocycles. The third-order valence-electron chi connectivity index (χ3n) is 2.84. The predicted octanol–water partition coefficient (Wildman–Crippen LogP) is 3.91. The first-order valence-electron chi connectivity index (χ1n) is 6.96. The molecule has 0 aliphatic carbocycles. The topological polar surface area (TPSA) is 47.7 Å². The fraction of sp³-hybridized carbons (Fsp3) is 0.294. The molecule has 0 aliphatic rings. The van der Waals surface area contributed by atoms with Gasteiger partial charge in [0.15, 0.2) is 0 Å². The minimum Gasteiger partial charge on any atom is -0.491 e. The van der Waals surface area contributed by atoms with Crippen LogP contribution in [0.5, 0.6) is 17.2 Å². The molecule has 0 radical (unpaired) electrons. The summed E-state index contributed by atoms with van der Waals surface area (Å²) in [6.45, 7) is 3.95. The second-order valence-corrected chi connectivity index (χ2v) is 5.40. The lowest BCUT2D eigenvalue weighted by Gasteiger charge is -2.15. The van der Waals surface area contributed by atoms with E-state index in [1.54, 1.807) is 12.1 Å². The van der Waals surface area contributed by atoms with Gasteiger partial charge in [0.05, 0.1) is 6.10 Å². The highest BCUT2D eigenvalue weighted by molar-refractivity contribution is 5.53. The molecular formula is C17H22N2O2. The Bertz CT molecular complexity index is 609. The van der Waals surface area contributed by atoms with E-state index in [4.69, 9.17) is 15.2 Å². The smallest absolute Gasteiger partial charge is 0.133 e. The van der Waals surface area contributed by atoms with Crippen LogP contribution in [-0.2, 0) is 0 Å². The van der Waals surface area contributed by atoms with E-state index in [1.165, 1.54) is 0 Å². The highest BCUT2D eigenvalue weighted by Gasteiger charge is 2.05. The van der Waals surface area contributed by atoms with E-state index in [1.807, 2.05) is 63.2 Å². The zero-order chi connectivity index (χ0) is 15.4. The van der Waals surface area contributed by atoms with Crippen LogP contribution in [0.15, 0.2) is 42.5 Å². The molecule has 0 atom stereocenters. The second kappa shape index (κ2) is 6.39. The number of benzene rings is 2. The van der Waals surface area contributed by atoms with Crippen molar-refractivity contribution in [2.75, 3.05) is 24.7 Å². The van der Waals surface area contributed by atoms with Gasteiger partial charge in [-0.15, -0.1) is 0 Å². The first kappa shape index (κ1) is 15.0. The number of nitrogens with two attached hydrogens (primary N) is 1. The van der Waals surface area contributed by atoms with Crippen molar-refractivity contribution in [2.24, 2.45) is 0 Å². The first-order chi connectivity index (χ1) is 9.94. The van der Waals surface area contributed by atoms with Gasteiger partial charge < -0.3 is 20.1 Å². The Kier molecular flexibility index (Phi) is 4.58. The standard InChI is InChI=1S/C17H22N2O2/c1-12(2)20-16-8-13(18)9-17(11-16)21-15-7-5-6-14(10-15)19(3)4/h5-12H,18H2,1-4H3. The third kappa shape index (κ3) is 4.31. The van der Waals surface area contributed by atoms with Crippen LogP contribution in [0.3, 0.4) is 0 Å². The molecule has 2 aromatic carbocycles. The highest BCUT2D eigenvalue weighted by atomic mass is 16.5. The van der Waals surface area contributed by atoms with Crippen LogP contribution in [0.1, 0.15) is 13.8 Å². The van der Waals surface area contributed by atoms with Gasteiger partial charge in [-0.05, 0) is 26.0 Å². The molecule has 0 fully saturated rings. The summed E-state index contributed by atoms with van der Waals surface area (Å²) in [7, 11) is 3.99. The Morgan fingerprint density at radius 3 is 2.33 bits per heavy atom. The normalized spacial score (nSPS) is 10.5. The van der Waals surface area contributed by atoms with Gasteiger partial charge in [-0.25, -0.2) is 0 Å². The van der Waals surface area contributed by atoms with Crippen molar-refractivity contribution in [2.45, 2.75) is 20.0 Å². The molecule has 21 heavy (non-hydrogen) atoms. The zero-order valence-corrected chi connectivity index (χ0v) is 13.0. The number of hydrogen-bond acceptors (Lipinski definition) is 4. The van der Waals surface area contributed by atoms with Crippen LogP contribution in [0.25, 0.3) is 0 Å². The van der Waals surface area contributed by atoms with Gasteiger partial charge in [0.1, 0.15) is 17.2 Å². The minimum absolute atomic E-state index is 0.0942. The van der Waals surface area contributed by atoms with Gasteiger partial charge in [-0.1, -0.05) is 6.07 Å². The fourth-order valence-electron chi connectivity index (χ4n) is 1.95. The van der Waals surface area contributed by atoms with Crippen molar-refractivity contribution in [1.82, 2.24) is 0 Å². The number of ether oxygens (including phenoxy) is 2. The largest absolute Gasteiger partial charge is 0.491 e. The van der Waals surface area contributed by atoms with Crippen LogP contribution in [-0.4, -0.2) is 20.2 Å². The van der Waals surface area contributed by atoms with Crippen LogP contribution in [0.4, 0.5) is 11.4 Å². The van der Waals surface area contributed by atoms with E-state index in [0.29, 0.717) is 17.2 Å².